The van der Waals surface area contributed by atoms with Crippen LogP contribution in [-0.4, -0.2) is 21.7 Å². The molecule has 0 aliphatic carbocycles. The summed E-state index contributed by atoms with van der Waals surface area (Å²) in [4.78, 5) is 12.2. The number of halogens is 3. The first-order valence-electron chi connectivity index (χ1n) is 7.79. The van der Waals surface area contributed by atoms with Crippen LogP contribution in [0, 0.1) is 0 Å². The van der Waals surface area contributed by atoms with Gasteiger partial charge < -0.3 is 13.9 Å². The van der Waals surface area contributed by atoms with E-state index in [-0.39, 0.29) is 24.4 Å². The minimum Gasteiger partial charge on any atom is -0.461 e. The van der Waals surface area contributed by atoms with E-state index < -0.39 is 17.7 Å². The highest BCUT2D eigenvalue weighted by Crippen LogP contribution is 2.33. The Kier molecular flexibility index (Phi) is 4.32. The molecule has 0 saturated carbocycles. The zero-order valence-corrected chi connectivity index (χ0v) is 13.8. The van der Waals surface area contributed by atoms with Crippen molar-refractivity contribution in [1.29, 1.82) is 0 Å². The molecule has 0 aliphatic rings. The van der Waals surface area contributed by atoms with Crippen LogP contribution in [0.5, 0.6) is 0 Å². The number of hydrogen-bond acceptors (Lipinski definition) is 2. The molecule has 0 amide bonds. The van der Waals surface area contributed by atoms with Crippen molar-refractivity contribution in [2.75, 3.05) is 6.61 Å². The van der Waals surface area contributed by atoms with E-state index >= 15 is 0 Å². The fourth-order valence-corrected chi connectivity index (χ4v) is 2.92. The summed E-state index contributed by atoms with van der Waals surface area (Å²) in [6.07, 6.45) is -2.66. The van der Waals surface area contributed by atoms with Crippen LogP contribution in [0.25, 0.3) is 11.0 Å². The Morgan fingerprint density at radius 2 is 1.88 bits per heavy atom. The van der Waals surface area contributed by atoms with Crippen molar-refractivity contribution in [3.63, 3.8) is 0 Å². The fourth-order valence-electron chi connectivity index (χ4n) is 2.92. The molecule has 0 aliphatic heterocycles. The molecule has 4 nitrogen and oxygen atoms in total. The van der Waals surface area contributed by atoms with E-state index in [0.717, 1.165) is 11.6 Å². The van der Waals surface area contributed by atoms with E-state index in [1.807, 2.05) is 11.6 Å². The highest BCUT2D eigenvalue weighted by molar-refractivity contribution is 5.95. The minimum absolute atomic E-state index is 0.0721. The van der Waals surface area contributed by atoms with Gasteiger partial charge in [-0.2, -0.15) is 13.2 Å². The van der Waals surface area contributed by atoms with Gasteiger partial charge in [0, 0.05) is 19.8 Å². The molecule has 7 heteroatoms. The molecule has 132 valence electrons. The Balaban J connectivity index is 2.13. The Labute approximate surface area is 142 Å². The number of benzene rings is 1. The molecule has 25 heavy (non-hydrogen) atoms. The largest absolute Gasteiger partial charge is 0.461 e. The number of fused-ring (bicyclic) bond motifs is 1. The predicted molar refractivity (Wildman–Crippen MR) is 87.4 cm³/mol. The first-order chi connectivity index (χ1) is 11.8. The van der Waals surface area contributed by atoms with Gasteiger partial charge >= 0.3 is 12.1 Å². The maximum Gasteiger partial charge on any atom is 0.416 e. The van der Waals surface area contributed by atoms with Gasteiger partial charge in [0.2, 0.25) is 0 Å². The molecule has 0 saturated heterocycles. The summed E-state index contributed by atoms with van der Waals surface area (Å²) in [6.45, 7) is 1.81. The summed E-state index contributed by atoms with van der Waals surface area (Å²) in [5.41, 5.74) is 1.07. The van der Waals surface area contributed by atoms with Crippen LogP contribution in [0.2, 0.25) is 0 Å². The normalized spacial score (nSPS) is 11.9. The lowest BCUT2D eigenvalue weighted by Gasteiger charge is -2.15. The zero-order valence-electron chi connectivity index (χ0n) is 13.8. The summed E-state index contributed by atoms with van der Waals surface area (Å²) in [6, 6.07) is 8.79. The molecule has 0 spiro atoms. The van der Waals surface area contributed by atoms with Crippen LogP contribution >= 0.6 is 0 Å². The molecule has 3 rings (SSSR count). The number of nitrogens with zero attached hydrogens (tertiary/aromatic N) is 2. The number of rotatable bonds is 4. The Morgan fingerprint density at radius 3 is 2.56 bits per heavy atom. The third-order valence-electron chi connectivity index (χ3n) is 4.09. The lowest BCUT2D eigenvalue weighted by molar-refractivity contribution is -0.138. The summed E-state index contributed by atoms with van der Waals surface area (Å²) >= 11 is 0. The van der Waals surface area contributed by atoms with E-state index in [1.165, 1.54) is 12.1 Å². The molecular weight excluding hydrogens is 333 g/mol. The number of ether oxygens (including phenoxy) is 1. The third kappa shape index (κ3) is 3.14. The van der Waals surface area contributed by atoms with Crippen LogP contribution in [0.4, 0.5) is 13.2 Å². The first-order valence-corrected chi connectivity index (χ1v) is 7.79. The average Bonchev–Trinajstić information content (AvgIpc) is 3.08. The molecule has 0 N–H and O–H groups in total. The highest BCUT2D eigenvalue weighted by atomic mass is 19.4. The van der Waals surface area contributed by atoms with Gasteiger partial charge in [-0.05, 0) is 30.7 Å². The van der Waals surface area contributed by atoms with Crippen LogP contribution in [0.15, 0.2) is 42.6 Å². The summed E-state index contributed by atoms with van der Waals surface area (Å²) in [5, 5.41) is 0. The Morgan fingerprint density at radius 1 is 1.16 bits per heavy atom. The molecule has 0 fully saturated rings. The second kappa shape index (κ2) is 6.31. The SMILES string of the molecule is CCOC(=O)c1cc2c(ccn2C)n1Cc1ccccc1C(F)(F)F. The van der Waals surface area contributed by atoms with Crippen molar-refractivity contribution in [3.05, 3.63) is 59.4 Å². The lowest BCUT2D eigenvalue weighted by atomic mass is 10.1. The van der Waals surface area contributed by atoms with E-state index in [1.54, 1.807) is 35.9 Å². The van der Waals surface area contributed by atoms with Crippen LogP contribution < -0.4 is 0 Å². The van der Waals surface area contributed by atoms with E-state index in [2.05, 4.69) is 0 Å². The first kappa shape index (κ1) is 17.1. The number of esters is 1. The van der Waals surface area contributed by atoms with Crippen molar-refractivity contribution in [2.45, 2.75) is 19.6 Å². The van der Waals surface area contributed by atoms with E-state index in [4.69, 9.17) is 4.74 Å². The quantitative estimate of drug-likeness (QED) is 0.661. The molecule has 0 radical (unpaired) electrons. The number of aryl methyl sites for hydroxylation is 1. The van der Waals surface area contributed by atoms with Gasteiger partial charge in [-0.25, -0.2) is 4.79 Å². The molecular formula is C18H17F3N2O2. The van der Waals surface area contributed by atoms with E-state index in [9.17, 15) is 18.0 Å². The molecule has 3 aromatic rings. The van der Waals surface area contributed by atoms with Gasteiger partial charge in [-0.1, -0.05) is 18.2 Å². The van der Waals surface area contributed by atoms with Gasteiger partial charge in [-0.3, -0.25) is 0 Å². The highest BCUT2D eigenvalue weighted by Gasteiger charge is 2.33. The molecule has 0 bridgehead atoms. The zero-order chi connectivity index (χ0) is 18.2. The van der Waals surface area contributed by atoms with Gasteiger partial charge in [0.05, 0.1) is 23.2 Å². The van der Waals surface area contributed by atoms with Gasteiger partial charge in [-0.15, -0.1) is 0 Å². The molecule has 0 unspecified atom stereocenters. The van der Waals surface area contributed by atoms with Gasteiger partial charge in [0.25, 0.3) is 0 Å². The fraction of sp³-hybridized carbons (Fsp3) is 0.278. The van der Waals surface area contributed by atoms with Crippen molar-refractivity contribution in [2.24, 2.45) is 7.05 Å². The Hall–Kier alpha value is -2.70. The van der Waals surface area contributed by atoms with Gasteiger partial charge in [0.1, 0.15) is 5.69 Å². The predicted octanol–water partition coefficient (Wildman–Crippen LogP) is 4.22. The number of aromatic nitrogens is 2. The second-order valence-corrected chi connectivity index (χ2v) is 5.69. The van der Waals surface area contributed by atoms with Crippen LogP contribution in [0.1, 0.15) is 28.5 Å². The number of carbonyl (C=O) groups excluding carboxylic acids is 1. The molecule has 2 heterocycles. The van der Waals surface area contributed by atoms with Crippen LogP contribution in [0.3, 0.4) is 0 Å². The van der Waals surface area contributed by atoms with E-state index in [0.29, 0.717) is 5.52 Å². The van der Waals surface area contributed by atoms with Crippen LogP contribution in [-0.2, 0) is 24.5 Å². The molecule has 1 aromatic carbocycles. The Bertz CT molecular complexity index is 922. The standard InChI is InChI=1S/C18H17F3N2O2/c1-3-25-17(24)16-10-15-14(8-9-22(15)2)23(16)11-12-6-4-5-7-13(12)18(19,20)21/h4-10H,3,11H2,1-2H3. The number of hydrogen-bond donors (Lipinski definition) is 0. The maximum atomic E-state index is 13.3. The molecule has 0 atom stereocenters. The van der Waals surface area contributed by atoms with Gasteiger partial charge in [0.15, 0.2) is 0 Å². The van der Waals surface area contributed by atoms with Crippen molar-refractivity contribution < 1.29 is 22.7 Å². The minimum atomic E-state index is -4.45. The second-order valence-electron chi connectivity index (χ2n) is 5.69. The number of carbonyl (C=O) groups is 1. The van der Waals surface area contributed by atoms with Crippen molar-refractivity contribution in [3.8, 4) is 0 Å². The monoisotopic (exact) mass is 350 g/mol. The van der Waals surface area contributed by atoms with Crippen molar-refractivity contribution >= 4 is 17.0 Å². The maximum absolute atomic E-state index is 13.3. The summed E-state index contributed by atoms with van der Waals surface area (Å²) < 4.78 is 48.2. The number of alkyl halides is 3. The van der Waals surface area contributed by atoms with Crippen molar-refractivity contribution in [1.82, 2.24) is 9.13 Å². The third-order valence-corrected chi connectivity index (χ3v) is 4.09. The molecule has 2 aromatic heterocycles. The smallest absolute Gasteiger partial charge is 0.416 e. The lowest BCUT2D eigenvalue weighted by Crippen LogP contribution is -2.16. The topological polar surface area (TPSA) is 36.2 Å². The average molecular weight is 350 g/mol. The summed E-state index contributed by atoms with van der Waals surface area (Å²) in [5.74, 6) is -0.553. The summed E-state index contributed by atoms with van der Waals surface area (Å²) in [7, 11) is 1.81.